The molecule has 0 aliphatic carbocycles. The third kappa shape index (κ3) is 1.90. The van der Waals surface area contributed by atoms with Gasteiger partial charge in [0.2, 0.25) is 5.78 Å². The molecule has 0 fully saturated rings. The molecule has 18 heavy (non-hydrogen) atoms. The van der Waals surface area contributed by atoms with Crippen molar-refractivity contribution in [2.24, 2.45) is 0 Å². The van der Waals surface area contributed by atoms with E-state index in [1.807, 2.05) is 0 Å². The van der Waals surface area contributed by atoms with Gasteiger partial charge in [-0.25, -0.2) is 19.6 Å². The lowest BCUT2D eigenvalue weighted by Gasteiger charge is -2.06. The lowest BCUT2D eigenvalue weighted by Crippen LogP contribution is -2.10. The summed E-state index contributed by atoms with van der Waals surface area (Å²) in [7, 11) is 0. The van der Waals surface area contributed by atoms with Gasteiger partial charge in [0.1, 0.15) is 0 Å². The van der Waals surface area contributed by atoms with Gasteiger partial charge in [0.05, 0.1) is 12.2 Å². The number of carboxylic acid groups (broad SMARTS) is 1. The highest BCUT2D eigenvalue weighted by Crippen LogP contribution is 2.12. The lowest BCUT2D eigenvalue weighted by molar-refractivity contribution is 0.0523. The summed E-state index contributed by atoms with van der Waals surface area (Å²) in [6.07, 6.45) is 2.66. The summed E-state index contributed by atoms with van der Waals surface area (Å²) in [4.78, 5) is 30.2. The summed E-state index contributed by atoms with van der Waals surface area (Å²) in [5, 5.41) is 8.84. The second-order valence-electron chi connectivity index (χ2n) is 3.58. The molecule has 2 aromatic rings. The van der Waals surface area contributed by atoms with E-state index in [1.54, 1.807) is 13.8 Å². The van der Waals surface area contributed by atoms with E-state index >= 15 is 0 Å². The van der Waals surface area contributed by atoms with Crippen molar-refractivity contribution in [1.29, 1.82) is 0 Å². The second-order valence-corrected chi connectivity index (χ2v) is 3.58. The van der Waals surface area contributed by atoms with Crippen LogP contribution < -0.4 is 0 Å². The molecule has 0 unspecified atom stereocenters. The standard InChI is InChI=1S/C11H11N3O4/c1-3-18-10(17)7-4-12-11-13-8(9(15)16)5-14(11)6(7)2/h4-5H,3H2,1-2H3,(H,15,16). The van der Waals surface area contributed by atoms with Gasteiger partial charge in [-0.05, 0) is 13.8 Å². The van der Waals surface area contributed by atoms with E-state index < -0.39 is 11.9 Å². The van der Waals surface area contributed by atoms with Crippen LogP contribution in [-0.4, -0.2) is 38.0 Å². The summed E-state index contributed by atoms with van der Waals surface area (Å²) >= 11 is 0. The Morgan fingerprint density at radius 1 is 1.50 bits per heavy atom. The number of fused-ring (bicyclic) bond motifs is 1. The molecule has 0 aliphatic rings. The van der Waals surface area contributed by atoms with Crippen LogP contribution in [0, 0.1) is 6.92 Å². The first-order chi connectivity index (χ1) is 8.54. The SMILES string of the molecule is CCOC(=O)c1cnc2nc(C(=O)O)cn2c1C. The molecule has 2 heterocycles. The Balaban J connectivity index is 2.56. The molecule has 1 N–H and O–H groups in total. The third-order valence-corrected chi connectivity index (χ3v) is 2.46. The van der Waals surface area contributed by atoms with Gasteiger partial charge < -0.3 is 9.84 Å². The van der Waals surface area contributed by atoms with Crippen molar-refractivity contribution in [3.63, 3.8) is 0 Å². The average Bonchev–Trinajstić information content (AvgIpc) is 2.74. The van der Waals surface area contributed by atoms with Crippen LogP contribution in [0.15, 0.2) is 12.4 Å². The highest BCUT2D eigenvalue weighted by atomic mass is 16.5. The molecule has 0 atom stereocenters. The van der Waals surface area contributed by atoms with Gasteiger partial charge in [-0.15, -0.1) is 0 Å². The molecule has 0 spiro atoms. The van der Waals surface area contributed by atoms with Crippen LogP contribution in [0.2, 0.25) is 0 Å². The Bertz CT molecular complexity index is 632. The molecule has 2 aromatic heterocycles. The molecular weight excluding hydrogens is 238 g/mol. The molecule has 2 rings (SSSR count). The molecule has 0 aromatic carbocycles. The Morgan fingerprint density at radius 3 is 2.83 bits per heavy atom. The maximum Gasteiger partial charge on any atom is 0.356 e. The van der Waals surface area contributed by atoms with E-state index in [1.165, 1.54) is 16.8 Å². The van der Waals surface area contributed by atoms with Crippen LogP contribution in [0.1, 0.15) is 33.5 Å². The van der Waals surface area contributed by atoms with Crippen molar-refractivity contribution >= 4 is 17.7 Å². The number of ether oxygens (including phenoxy) is 1. The zero-order valence-electron chi connectivity index (χ0n) is 9.88. The van der Waals surface area contributed by atoms with E-state index in [4.69, 9.17) is 9.84 Å². The first-order valence-electron chi connectivity index (χ1n) is 5.29. The van der Waals surface area contributed by atoms with E-state index in [-0.39, 0.29) is 18.1 Å². The third-order valence-electron chi connectivity index (χ3n) is 2.46. The minimum Gasteiger partial charge on any atom is -0.476 e. The molecule has 94 valence electrons. The summed E-state index contributed by atoms with van der Waals surface area (Å²) < 4.78 is 6.34. The molecule has 7 heteroatoms. The van der Waals surface area contributed by atoms with Crippen molar-refractivity contribution in [3.05, 3.63) is 29.3 Å². The normalized spacial score (nSPS) is 10.6. The molecule has 0 amide bonds. The van der Waals surface area contributed by atoms with Crippen LogP contribution >= 0.6 is 0 Å². The van der Waals surface area contributed by atoms with Crippen molar-refractivity contribution in [2.75, 3.05) is 6.61 Å². The first-order valence-corrected chi connectivity index (χ1v) is 5.29. The minimum absolute atomic E-state index is 0.119. The monoisotopic (exact) mass is 249 g/mol. The van der Waals surface area contributed by atoms with Gasteiger partial charge in [-0.2, -0.15) is 0 Å². The van der Waals surface area contributed by atoms with Crippen molar-refractivity contribution < 1.29 is 19.4 Å². The molecule has 0 radical (unpaired) electrons. The van der Waals surface area contributed by atoms with E-state index in [0.717, 1.165) is 0 Å². The summed E-state index contributed by atoms with van der Waals surface area (Å²) in [6, 6.07) is 0. The summed E-state index contributed by atoms with van der Waals surface area (Å²) in [6.45, 7) is 3.65. The maximum atomic E-state index is 11.6. The second kappa shape index (κ2) is 4.44. The number of carbonyl (C=O) groups is 2. The molecule has 7 nitrogen and oxygen atoms in total. The van der Waals surface area contributed by atoms with Gasteiger partial charge in [-0.1, -0.05) is 0 Å². The van der Waals surface area contributed by atoms with Crippen LogP contribution in [-0.2, 0) is 4.74 Å². The molecule has 0 aliphatic heterocycles. The molecule has 0 saturated carbocycles. The van der Waals surface area contributed by atoms with Gasteiger partial charge in [0.15, 0.2) is 5.69 Å². The Labute approximate surface area is 102 Å². The number of carbonyl (C=O) groups excluding carboxylic acids is 1. The fourth-order valence-corrected chi connectivity index (χ4v) is 1.57. The summed E-state index contributed by atoms with van der Waals surface area (Å²) in [5.41, 5.74) is 0.712. The fourth-order valence-electron chi connectivity index (χ4n) is 1.57. The van der Waals surface area contributed by atoms with Gasteiger partial charge in [0.25, 0.3) is 0 Å². The van der Waals surface area contributed by atoms with E-state index in [9.17, 15) is 9.59 Å². The van der Waals surface area contributed by atoms with Crippen LogP contribution in [0.5, 0.6) is 0 Å². The number of imidazole rings is 1. The van der Waals surface area contributed by atoms with Crippen molar-refractivity contribution in [2.45, 2.75) is 13.8 Å². The van der Waals surface area contributed by atoms with Crippen molar-refractivity contribution in [3.8, 4) is 0 Å². The fraction of sp³-hybridized carbons (Fsp3) is 0.273. The Hall–Kier alpha value is -2.44. The Kier molecular flexibility index (Phi) is 2.97. The molecule has 0 bridgehead atoms. The van der Waals surface area contributed by atoms with Crippen LogP contribution in [0.25, 0.3) is 5.78 Å². The molecular formula is C11H11N3O4. The predicted molar refractivity (Wildman–Crippen MR) is 60.6 cm³/mol. The number of aryl methyl sites for hydroxylation is 1. The van der Waals surface area contributed by atoms with Gasteiger partial charge in [-0.3, -0.25) is 4.40 Å². The Morgan fingerprint density at radius 2 is 2.22 bits per heavy atom. The van der Waals surface area contributed by atoms with Gasteiger partial charge >= 0.3 is 11.9 Å². The molecule has 0 saturated heterocycles. The number of aromatic nitrogens is 3. The topological polar surface area (TPSA) is 93.8 Å². The number of hydrogen-bond donors (Lipinski definition) is 1. The first kappa shape index (κ1) is 12.0. The zero-order chi connectivity index (χ0) is 13.3. The number of aromatic carboxylic acids is 1. The lowest BCUT2D eigenvalue weighted by atomic mass is 10.2. The maximum absolute atomic E-state index is 11.6. The van der Waals surface area contributed by atoms with Crippen LogP contribution in [0.3, 0.4) is 0 Å². The van der Waals surface area contributed by atoms with Gasteiger partial charge in [0, 0.05) is 18.1 Å². The smallest absolute Gasteiger partial charge is 0.356 e. The average molecular weight is 249 g/mol. The van der Waals surface area contributed by atoms with Crippen molar-refractivity contribution in [1.82, 2.24) is 14.4 Å². The zero-order valence-corrected chi connectivity index (χ0v) is 9.88. The minimum atomic E-state index is -1.14. The number of carboxylic acids is 1. The number of rotatable bonds is 3. The number of hydrogen-bond acceptors (Lipinski definition) is 5. The quantitative estimate of drug-likeness (QED) is 0.812. The number of nitrogens with zero attached hydrogens (tertiary/aromatic N) is 3. The predicted octanol–water partition coefficient (Wildman–Crippen LogP) is 0.913. The van der Waals surface area contributed by atoms with E-state index in [2.05, 4.69) is 9.97 Å². The summed E-state index contributed by atoms with van der Waals surface area (Å²) in [5.74, 6) is -1.40. The highest BCUT2D eigenvalue weighted by molar-refractivity contribution is 5.91. The van der Waals surface area contributed by atoms with Crippen LogP contribution in [0.4, 0.5) is 0 Å². The largest absolute Gasteiger partial charge is 0.476 e. The highest BCUT2D eigenvalue weighted by Gasteiger charge is 2.16. The number of esters is 1. The van der Waals surface area contributed by atoms with E-state index in [0.29, 0.717) is 11.3 Å².